The fourth-order valence-electron chi connectivity index (χ4n) is 2.78. The molecule has 0 aliphatic carbocycles. The van der Waals surface area contributed by atoms with Crippen molar-refractivity contribution in [1.82, 2.24) is 0 Å². The number of halogens is 1. The molecule has 1 aliphatic heterocycles. The maximum Gasteiger partial charge on any atom is 0.414 e. The van der Waals surface area contributed by atoms with E-state index in [1.54, 1.807) is 13.0 Å². The number of esters is 1. The van der Waals surface area contributed by atoms with Crippen LogP contribution in [0.3, 0.4) is 0 Å². The van der Waals surface area contributed by atoms with Crippen LogP contribution in [0.2, 0.25) is 5.04 Å². The third kappa shape index (κ3) is 5.67. The summed E-state index contributed by atoms with van der Waals surface area (Å²) < 4.78 is 31.1. The topological polar surface area (TPSA) is 65.1 Å². The maximum atomic E-state index is 14.6. The van der Waals surface area contributed by atoms with E-state index in [-0.39, 0.29) is 29.3 Å². The van der Waals surface area contributed by atoms with Gasteiger partial charge in [0.05, 0.1) is 30.0 Å². The lowest BCUT2D eigenvalue weighted by atomic mass is 10.0. The Labute approximate surface area is 173 Å². The van der Waals surface area contributed by atoms with E-state index in [9.17, 15) is 14.0 Å². The average molecular weight is 424 g/mol. The van der Waals surface area contributed by atoms with Gasteiger partial charge >= 0.3 is 12.1 Å². The quantitative estimate of drug-likeness (QED) is 0.379. The third-order valence-corrected chi connectivity index (χ3v) is 6.33. The number of rotatable bonds is 7. The standard InChI is InChI=1S/C21H30FNO5Si/c1-8-26-18(24)13(2)15-10-9-14(11-16(15)22)23-12-17(27-19(23)25)21(6,7)28-29-20(3,4)5/h9-11,17H,2,8,12,29H2,1,3-7H3. The Kier molecular flexibility index (Phi) is 6.90. The first-order valence-corrected chi connectivity index (χ1v) is 10.9. The molecule has 1 aromatic rings. The summed E-state index contributed by atoms with van der Waals surface area (Å²) in [6, 6.07) is 4.17. The molecule has 1 amide bonds. The van der Waals surface area contributed by atoms with Crippen LogP contribution in [0, 0.1) is 5.82 Å². The van der Waals surface area contributed by atoms with Crippen molar-refractivity contribution in [2.75, 3.05) is 18.1 Å². The molecule has 29 heavy (non-hydrogen) atoms. The zero-order chi connectivity index (χ0) is 22.0. The molecule has 1 saturated heterocycles. The van der Waals surface area contributed by atoms with E-state index < -0.39 is 39.3 Å². The minimum absolute atomic E-state index is 0.0381. The SMILES string of the molecule is C=C(C(=O)OCC)c1ccc(N2CC(C(C)(C)O[SiH2]C(C)(C)C)OC2=O)cc1F. The van der Waals surface area contributed by atoms with Crippen molar-refractivity contribution in [3.05, 3.63) is 36.2 Å². The fourth-order valence-corrected chi connectivity index (χ4v) is 3.77. The second-order valence-corrected chi connectivity index (χ2v) is 11.5. The van der Waals surface area contributed by atoms with E-state index >= 15 is 0 Å². The minimum atomic E-state index is -0.841. The molecule has 160 valence electrons. The molecule has 0 N–H and O–H groups in total. The van der Waals surface area contributed by atoms with Gasteiger partial charge in [-0.2, -0.15) is 0 Å². The molecule has 8 heteroatoms. The number of hydrogen-bond acceptors (Lipinski definition) is 5. The van der Waals surface area contributed by atoms with Crippen LogP contribution in [-0.2, 0) is 18.7 Å². The molecule has 0 spiro atoms. The highest BCUT2D eigenvalue weighted by Gasteiger charge is 2.43. The van der Waals surface area contributed by atoms with Crippen LogP contribution < -0.4 is 4.90 Å². The zero-order valence-electron chi connectivity index (χ0n) is 18.0. The van der Waals surface area contributed by atoms with E-state index in [1.807, 2.05) is 13.8 Å². The lowest BCUT2D eigenvalue weighted by Crippen LogP contribution is -2.43. The van der Waals surface area contributed by atoms with Crippen molar-refractivity contribution >= 4 is 33.1 Å². The van der Waals surface area contributed by atoms with Gasteiger partial charge in [0.1, 0.15) is 11.9 Å². The number of carbonyl (C=O) groups excluding carboxylic acids is 2. The largest absolute Gasteiger partial charge is 0.462 e. The van der Waals surface area contributed by atoms with Gasteiger partial charge < -0.3 is 13.9 Å². The van der Waals surface area contributed by atoms with Gasteiger partial charge in [0, 0.05) is 5.56 Å². The summed E-state index contributed by atoms with van der Waals surface area (Å²) in [5, 5.41) is 0.111. The predicted octanol–water partition coefficient (Wildman–Crippen LogP) is 3.82. The normalized spacial score (nSPS) is 17.7. The van der Waals surface area contributed by atoms with Crippen LogP contribution in [0.1, 0.15) is 47.1 Å². The first kappa shape index (κ1) is 23.1. The number of nitrogens with zero attached hydrogens (tertiary/aromatic N) is 1. The Hall–Kier alpha value is -2.19. The van der Waals surface area contributed by atoms with Crippen molar-refractivity contribution < 1.29 is 27.9 Å². The number of amides is 1. The van der Waals surface area contributed by atoms with E-state index in [0.29, 0.717) is 5.69 Å². The summed E-state index contributed by atoms with van der Waals surface area (Å²) in [5.41, 5.74) is -0.324. The monoisotopic (exact) mass is 423 g/mol. The van der Waals surface area contributed by atoms with Crippen LogP contribution in [0.15, 0.2) is 24.8 Å². The van der Waals surface area contributed by atoms with Gasteiger partial charge in [0.25, 0.3) is 0 Å². The van der Waals surface area contributed by atoms with Gasteiger partial charge in [-0.1, -0.05) is 27.4 Å². The molecule has 1 atom stereocenters. The zero-order valence-corrected chi connectivity index (χ0v) is 19.4. The van der Waals surface area contributed by atoms with E-state index in [1.165, 1.54) is 17.0 Å². The third-order valence-electron chi connectivity index (χ3n) is 4.58. The highest BCUT2D eigenvalue weighted by atomic mass is 28.2. The molecule has 0 radical (unpaired) electrons. The lowest BCUT2D eigenvalue weighted by Gasteiger charge is -2.33. The van der Waals surface area contributed by atoms with Gasteiger partial charge in [-0.25, -0.2) is 14.0 Å². The predicted molar refractivity (Wildman–Crippen MR) is 113 cm³/mol. The Morgan fingerprint density at radius 2 is 2.00 bits per heavy atom. The summed E-state index contributed by atoms with van der Waals surface area (Å²) >= 11 is 0. The van der Waals surface area contributed by atoms with Crippen molar-refractivity contribution in [3.8, 4) is 0 Å². The van der Waals surface area contributed by atoms with Crippen molar-refractivity contribution in [2.24, 2.45) is 0 Å². The van der Waals surface area contributed by atoms with Crippen LogP contribution in [0.25, 0.3) is 5.57 Å². The summed E-state index contributed by atoms with van der Waals surface area (Å²) in [5.74, 6) is -1.34. The summed E-state index contributed by atoms with van der Waals surface area (Å²) in [4.78, 5) is 25.6. The van der Waals surface area contributed by atoms with E-state index in [2.05, 4.69) is 27.4 Å². The molecule has 1 aliphatic rings. The first-order valence-electron chi connectivity index (χ1n) is 9.64. The van der Waals surface area contributed by atoms with Crippen molar-refractivity contribution in [2.45, 2.75) is 58.3 Å². The number of ether oxygens (including phenoxy) is 2. The second-order valence-electron chi connectivity index (χ2n) is 8.80. The summed E-state index contributed by atoms with van der Waals surface area (Å²) in [6.07, 6.45) is -1.03. The second kappa shape index (κ2) is 8.67. The number of carbonyl (C=O) groups is 2. The minimum Gasteiger partial charge on any atom is -0.462 e. The number of benzene rings is 1. The molecule has 1 unspecified atom stereocenters. The molecule has 1 fully saturated rings. The highest BCUT2D eigenvalue weighted by Crippen LogP contribution is 2.32. The van der Waals surface area contributed by atoms with E-state index in [4.69, 9.17) is 13.9 Å². The van der Waals surface area contributed by atoms with Crippen molar-refractivity contribution in [3.63, 3.8) is 0 Å². The molecule has 2 rings (SSSR count). The molecule has 1 aromatic carbocycles. The fraction of sp³-hybridized carbons (Fsp3) is 0.524. The van der Waals surface area contributed by atoms with Gasteiger partial charge in [0.15, 0.2) is 9.76 Å². The smallest absolute Gasteiger partial charge is 0.414 e. The Bertz CT molecular complexity index is 803. The molecular formula is C21H30FNO5Si. The highest BCUT2D eigenvalue weighted by molar-refractivity contribution is 6.31. The van der Waals surface area contributed by atoms with Crippen LogP contribution >= 0.6 is 0 Å². The first-order chi connectivity index (χ1) is 13.4. The number of hydrogen-bond donors (Lipinski definition) is 0. The molecule has 0 saturated carbocycles. The molecular weight excluding hydrogens is 393 g/mol. The van der Waals surface area contributed by atoms with Gasteiger partial charge in [-0.15, -0.1) is 0 Å². The van der Waals surface area contributed by atoms with Gasteiger partial charge in [-0.05, 0) is 44.0 Å². The van der Waals surface area contributed by atoms with Gasteiger partial charge in [-0.3, -0.25) is 4.90 Å². The molecule has 0 bridgehead atoms. The Balaban J connectivity index is 2.15. The van der Waals surface area contributed by atoms with Crippen LogP contribution in [-0.4, -0.2) is 46.7 Å². The molecule has 6 nitrogen and oxygen atoms in total. The molecule has 1 heterocycles. The average Bonchev–Trinajstić information content (AvgIpc) is 3.02. The van der Waals surface area contributed by atoms with Crippen molar-refractivity contribution in [1.29, 1.82) is 0 Å². The van der Waals surface area contributed by atoms with Gasteiger partial charge in [0.2, 0.25) is 0 Å². The molecule has 0 aromatic heterocycles. The van der Waals surface area contributed by atoms with Crippen LogP contribution in [0.5, 0.6) is 0 Å². The number of anilines is 1. The summed E-state index contributed by atoms with van der Waals surface area (Å²) in [7, 11) is -0.841. The van der Waals surface area contributed by atoms with Crippen LogP contribution in [0.4, 0.5) is 14.9 Å². The van der Waals surface area contributed by atoms with E-state index in [0.717, 1.165) is 0 Å². The summed E-state index contributed by atoms with van der Waals surface area (Å²) in [6.45, 7) is 15.9. The Morgan fingerprint density at radius 3 is 2.55 bits per heavy atom. The lowest BCUT2D eigenvalue weighted by molar-refractivity contribution is -0.136. The maximum absolute atomic E-state index is 14.6. The Morgan fingerprint density at radius 1 is 1.34 bits per heavy atom. The number of cyclic esters (lactones) is 1.